The smallest absolute Gasteiger partial charge is 0.261 e. The van der Waals surface area contributed by atoms with E-state index in [4.69, 9.17) is 4.43 Å². The van der Waals surface area contributed by atoms with E-state index in [1.807, 2.05) is 0 Å². The van der Waals surface area contributed by atoms with E-state index in [1.54, 1.807) is 0 Å². The van der Waals surface area contributed by atoms with Gasteiger partial charge in [-0.3, -0.25) is 0 Å². The van der Waals surface area contributed by atoms with Gasteiger partial charge < -0.3 is 4.43 Å². The molecule has 0 radical (unpaired) electrons. The highest BCUT2D eigenvalue weighted by Crippen LogP contribution is 2.37. The van der Waals surface area contributed by atoms with Gasteiger partial charge in [0.15, 0.2) is 0 Å². The standard InChI is InChI=1S/C40H68OSi/c1-7-8-9-10-11-12-13-14-15-16-17-18-19-20-21-24-29-36(2)34-37(3)35-41-42(40(4,5)6,38-30-25-22-26-31-38)39-32-27-23-28-33-39/h22-23,25-28,30-33,36-37H,7-21,24,29,34-35H2,1-6H3/t36-,37-/m0/s1. The van der Waals surface area contributed by atoms with Gasteiger partial charge in [-0.1, -0.05) is 211 Å². The van der Waals surface area contributed by atoms with Crippen LogP contribution >= 0.6 is 0 Å². The molecule has 0 spiro atoms. The Bertz CT molecular complexity index is 847. The van der Waals surface area contributed by atoms with Gasteiger partial charge in [0.1, 0.15) is 0 Å². The minimum atomic E-state index is -2.43. The topological polar surface area (TPSA) is 9.23 Å². The predicted octanol–water partition coefficient (Wildman–Crippen LogP) is 11.9. The van der Waals surface area contributed by atoms with Crippen molar-refractivity contribution in [2.24, 2.45) is 11.8 Å². The SMILES string of the molecule is CCCCCCCCCCCCCCCCCC[C@H](C)C[C@H](C)CO[Si](c1ccccc1)(c1ccccc1)C(C)(C)C. The molecule has 0 aliphatic heterocycles. The van der Waals surface area contributed by atoms with Crippen molar-refractivity contribution < 1.29 is 4.43 Å². The van der Waals surface area contributed by atoms with Crippen molar-refractivity contribution in [1.29, 1.82) is 0 Å². The van der Waals surface area contributed by atoms with Gasteiger partial charge in [0, 0.05) is 6.61 Å². The van der Waals surface area contributed by atoms with Crippen molar-refractivity contribution in [3.8, 4) is 0 Å². The van der Waals surface area contributed by atoms with Crippen molar-refractivity contribution in [3.05, 3.63) is 60.7 Å². The molecule has 0 amide bonds. The highest BCUT2D eigenvalue weighted by Gasteiger charge is 2.50. The maximum absolute atomic E-state index is 7.20. The first kappa shape index (κ1) is 36.8. The van der Waals surface area contributed by atoms with Crippen LogP contribution in [0, 0.1) is 11.8 Å². The Hall–Kier alpha value is -1.38. The van der Waals surface area contributed by atoms with E-state index in [1.165, 1.54) is 126 Å². The summed E-state index contributed by atoms with van der Waals surface area (Å²) in [5, 5.41) is 2.82. The van der Waals surface area contributed by atoms with Crippen molar-refractivity contribution in [3.63, 3.8) is 0 Å². The second kappa shape index (κ2) is 21.3. The van der Waals surface area contributed by atoms with Crippen LogP contribution in [0.15, 0.2) is 60.7 Å². The number of hydrogen-bond donors (Lipinski definition) is 0. The number of rotatable bonds is 24. The third kappa shape index (κ3) is 13.5. The second-order valence-corrected chi connectivity index (χ2v) is 18.8. The summed E-state index contributed by atoms with van der Waals surface area (Å²) in [4.78, 5) is 0. The van der Waals surface area contributed by atoms with Crippen LogP contribution in [0.1, 0.15) is 157 Å². The molecule has 2 aromatic carbocycles. The zero-order chi connectivity index (χ0) is 30.5. The van der Waals surface area contributed by atoms with Crippen molar-refractivity contribution >= 4 is 18.7 Å². The summed E-state index contributed by atoms with van der Waals surface area (Å²) in [5.41, 5.74) is 0. The molecule has 0 unspecified atom stereocenters. The predicted molar refractivity (Wildman–Crippen MR) is 191 cm³/mol. The van der Waals surface area contributed by atoms with Crippen LogP contribution in [0.3, 0.4) is 0 Å². The fourth-order valence-corrected chi connectivity index (χ4v) is 11.6. The van der Waals surface area contributed by atoms with Gasteiger partial charge >= 0.3 is 0 Å². The maximum Gasteiger partial charge on any atom is 0.261 e. The minimum absolute atomic E-state index is 0.0502. The molecule has 0 heterocycles. The van der Waals surface area contributed by atoms with Crippen LogP contribution in [0.5, 0.6) is 0 Å². The Morgan fingerprint density at radius 2 is 0.929 bits per heavy atom. The Labute approximate surface area is 263 Å². The molecule has 2 aromatic rings. The Morgan fingerprint density at radius 3 is 1.31 bits per heavy atom. The van der Waals surface area contributed by atoms with Crippen LogP contribution in [-0.4, -0.2) is 14.9 Å². The zero-order valence-electron chi connectivity index (χ0n) is 28.8. The first-order chi connectivity index (χ1) is 20.3. The van der Waals surface area contributed by atoms with E-state index < -0.39 is 8.32 Å². The van der Waals surface area contributed by atoms with Gasteiger partial charge in [-0.15, -0.1) is 0 Å². The van der Waals surface area contributed by atoms with Crippen LogP contribution in [0.25, 0.3) is 0 Å². The Kier molecular flexibility index (Phi) is 18.7. The number of benzene rings is 2. The molecule has 0 aromatic heterocycles. The fourth-order valence-electron chi connectivity index (χ4n) is 6.94. The summed E-state index contributed by atoms with van der Waals surface area (Å²) in [6, 6.07) is 22.2. The lowest BCUT2D eigenvalue weighted by Crippen LogP contribution is -2.66. The zero-order valence-corrected chi connectivity index (χ0v) is 29.8. The molecule has 238 valence electrons. The Morgan fingerprint density at radius 1 is 0.548 bits per heavy atom. The molecule has 1 nitrogen and oxygen atoms in total. The van der Waals surface area contributed by atoms with Gasteiger partial charge in [-0.25, -0.2) is 0 Å². The highest BCUT2D eigenvalue weighted by molar-refractivity contribution is 6.99. The van der Waals surface area contributed by atoms with Gasteiger partial charge in [0.2, 0.25) is 0 Å². The quantitative estimate of drug-likeness (QED) is 0.0870. The number of hydrogen-bond acceptors (Lipinski definition) is 1. The summed E-state index contributed by atoms with van der Waals surface area (Å²) in [5.74, 6) is 1.34. The third-order valence-electron chi connectivity index (χ3n) is 9.36. The lowest BCUT2D eigenvalue weighted by atomic mass is 9.93. The average molecular weight is 593 g/mol. The van der Waals surface area contributed by atoms with Crippen LogP contribution in [-0.2, 0) is 4.43 Å². The highest BCUT2D eigenvalue weighted by atomic mass is 28.4. The summed E-state index contributed by atoms with van der Waals surface area (Å²) in [6.07, 6.45) is 25.7. The molecule has 2 atom stereocenters. The molecule has 0 fully saturated rings. The molecule has 0 saturated carbocycles. The van der Waals surface area contributed by atoms with Crippen molar-refractivity contribution in [1.82, 2.24) is 0 Å². The molecule has 42 heavy (non-hydrogen) atoms. The second-order valence-electron chi connectivity index (χ2n) is 14.5. The molecule has 2 heteroatoms. The van der Waals surface area contributed by atoms with Crippen molar-refractivity contribution in [2.75, 3.05) is 6.61 Å². The van der Waals surface area contributed by atoms with E-state index in [9.17, 15) is 0 Å². The summed E-state index contributed by atoms with van der Waals surface area (Å²) in [6.45, 7) is 15.2. The molecule has 0 aliphatic carbocycles. The molecular formula is C40H68OSi. The summed E-state index contributed by atoms with van der Waals surface area (Å²) < 4.78 is 7.20. The van der Waals surface area contributed by atoms with Crippen molar-refractivity contribution in [2.45, 2.75) is 162 Å². The summed E-state index contributed by atoms with van der Waals surface area (Å²) >= 11 is 0. The summed E-state index contributed by atoms with van der Waals surface area (Å²) in [7, 11) is -2.43. The average Bonchev–Trinajstić information content (AvgIpc) is 2.97. The third-order valence-corrected chi connectivity index (χ3v) is 14.4. The van der Waals surface area contributed by atoms with Gasteiger partial charge in [0.25, 0.3) is 8.32 Å². The monoisotopic (exact) mass is 593 g/mol. The molecule has 0 N–H and O–H groups in total. The van der Waals surface area contributed by atoms with Crippen LogP contribution in [0.2, 0.25) is 5.04 Å². The first-order valence-corrected chi connectivity index (χ1v) is 20.0. The van der Waals surface area contributed by atoms with Gasteiger partial charge in [-0.2, -0.15) is 0 Å². The Balaban J connectivity index is 1.63. The largest absolute Gasteiger partial charge is 0.407 e. The molecule has 0 saturated heterocycles. The normalized spacial score (nSPS) is 13.8. The molecule has 2 rings (SSSR count). The first-order valence-electron chi connectivity index (χ1n) is 18.1. The minimum Gasteiger partial charge on any atom is -0.407 e. The van der Waals surface area contributed by atoms with Crippen LogP contribution in [0.4, 0.5) is 0 Å². The van der Waals surface area contributed by atoms with Gasteiger partial charge in [-0.05, 0) is 33.7 Å². The lowest BCUT2D eigenvalue weighted by Gasteiger charge is -2.43. The van der Waals surface area contributed by atoms with Gasteiger partial charge in [0.05, 0.1) is 0 Å². The maximum atomic E-state index is 7.20. The van der Waals surface area contributed by atoms with Crippen LogP contribution < -0.4 is 10.4 Å². The van der Waals surface area contributed by atoms with E-state index in [-0.39, 0.29) is 5.04 Å². The van der Waals surface area contributed by atoms with E-state index in [0.29, 0.717) is 5.92 Å². The molecule has 0 aliphatic rings. The molecular weight excluding hydrogens is 525 g/mol. The molecule has 0 bridgehead atoms. The van der Waals surface area contributed by atoms with E-state index in [2.05, 4.69) is 102 Å². The lowest BCUT2D eigenvalue weighted by molar-refractivity contribution is 0.220. The number of unbranched alkanes of at least 4 members (excludes halogenated alkanes) is 15. The van der Waals surface area contributed by atoms with E-state index >= 15 is 0 Å². The van der Waals surface area contributed by atoms with E-state index in [0.717, 1.165) is 12.5 Å². The fraction of sp³-hybridized carbons (Fsp3) is 0.700.